The van der Waals surface area contributed by atoms with E-state index in [1.165, 1.54) is 55.1 Å². The van der Waals surface area contributed by atoms with Gasteiger partial charge in [0.15, 0.2) is 0 Å². The van der Waals surface area contributed by atoms with Crippen LogP contribution in [0.5, 0.6) is 0 Å². The van der Waals surface area contributed by atoms with Crippen LogP contribution in [0.4, 0.5) is 0 Å². The second-order valence-electron chi connectivity index (χ2n) is 5.18. The Morgan fingerprint density at radius 2 is 2.05 bits per heavy atom. The van der Waals surface area contributed by atoms with Crippen molar-refractivity contribution in [1.82, 2.24) is 10.2 Å². The molecule has 1 aromatic rings. The minimum Gasteiger partial charge on any atom is -0.313 e. The first-order chi connectivity index (χ1) is 9.38. The van der Waals surface area contributed by atoms with E-state index >= 15 is 0 Å². The molecular weight excluding hydrogens is 252 g/mol. The molecule has 0 aromatic heterocycles. The Kier molecular flexibility index (Phi) is 6.75. The van der Waals surface area contributed by atoms with Crippen LogP contribution in [0.2, 0.25) is 0 Å². The molecular formula is C16H26N2S. The lowest BCUT2D eigenvalue weighted by atomic mass is 10.1. The van der Waals surface area contributed by atoms with Crippen LogP contribution in [0.3, 0.4) is 0 Å². The molecule has 2 nitrogen and oxygen atoms in total. The van der Waals surface area contributed by atoms with Crippen LogP contribution in [0.1, 0.15) is 31.7 Å². The van der Waals surface area contributed by atoms with Crippen molar-refractivity contribution in [3.05, 3.63) is 29.8 Å². The van der Waals surface area contributed by atoms with Crippen molar-refractivity contribution in [3.63, 3.8) is 0 Å². The average molecular weight is 278 g/mol. The Hall–Kier alpha value is -0.510. The van der Waals surface area contributed by atoms with E-state index in [4.69, 9.17) is 0 Å². The molecule has 0 unspecified atom stereocenters. The Morgan fingerprint density at radius 1 is 1.21 bits per heavy atom. The van der Waals surface area contributed by atoms with Crippen molar-refractivity contribution < 1.29 is 0 Å². The summed E-state index contributed by atoms with van der Waals surface area (Å²) in [5.74, 6) is 1.21. The highest BCUT2D eigenvalue weighted by Gasteiger charge is 2.09. The standard InChI is InChI=1S/C16H26N2S/c1-2-17-14-15-7-6-8-16(13-15)19-12-11-18-9-4-3-5-10-18/h6-8,13,17H,2-5,9-12,14H2,1H3. The minimum atomic E-state index is 0.983. The van der Waals surface area contributed by atoms with Crippen molar-refractivity contribution in [2.24, 2.45) is 0 Å². The fourth-order valence-electron chi connectivity index (χ4n) is 2.49. The zero-order chi connectivity index (χ0) is 13.3. The lowest BCUT2D eigenvalue weighted by molar-refractivity contribution is 0.242. The topological polar surface area (TPSA) is 15.3 Å². The lowest BCUT2D eigenvalue weighted by Crippen LogP contribution is -2.31. The molecule has 1 heterocycles. The molecule has 0 radical (unpaired) electrons. The third-order valence-corrected chi connectivity index (χ3v) is 4.58. The van der Waals surface area contributed by atoms with Crippen LogP contribution in [-0.2, 0) is 6.54 Å². The number of likely N-dealkylation sites (tertiary alicyclic amines) is 1. The zero-order valence-electron chi connectivity index (χ0n) is 12.0. The molecule has 0 amide bonds. The highest BCUT2D eigenvalue weighted by Crippen LogP contribution is 2.20. The maximum absolute atomic E-state index is 3.38. The minimum absolute atomic E-state index is 0.983. The van der Waals surface area contributed by atoms with E-state index < -0.39 is 0 Å². The largest absolute Gasteiger partial charge is 0.313 e. The van der Waals surface area contributed by atoms with E-state index in [2.05, 4.69) is 41.4 Å². The summed E-state index contributed by atoms with van der Waals surface area (Å²) in [4.78, 5) is 4.02. The monoisotopic (exact) mass is 278 g/mol. The number of benzene rings is 1. The Balaban J connectivity index is 1.72. The molecule has 1 aromatic carbocycles. The van der Waals surface area contributed by atoms with Gasteiger partial charge in [0.1, 0.15) is 0 Å². The van der Waals surface area contributed by atoms with Crippen molar-refractivity contribution >= 4 is 11.8 Å². The average Bonchev–Trinajstić information content (AvgIpc) is 2.47. The van der Waals surface area contributed by atoms with Gasteiger partial charge in [0, 0.05) is 23.7 Å². The summed E-state index contributed by atoms with van der Waals surface area (Å²) >= 11 is 1.99. The van der Waals surface area contributed by atoms with Crippen LogP contribution >= 0.6 is 11.8 Å². The molecule has 0 saturated carbocycles. The van der Waals surface area contributed by atoms with Crippen LogP contribution in [0.15, 0.2) is 29.2 Å². The van der Waals surface area contributed by atoms with Gasteiger partial charge in [-0.3, -0.25) is 0 Å². The lowest BCUT2D eigenvalue weighted by Gasteiger charge is -2.26. The summed E-state index contributed by atoms with van der Waals surface area (Å²) in [6.45, 7) is 8.02. The second kappa shape index (κ2) is 8.62. The number of hydrogen-bond acceptors (Lipinski definition) is 3. The van der Waals surface area contributed by atoms with Gasteiger partial charge in [-0.25, -0.2) is 0 Å². The van der Waals surface area contributed by atoms with E-state index in [1.54, 1.807) is 0 Å². The zero-order valence-corrected chi connectivity index (χ0v) is 12.8. The van der Waals surface area contributed by atoms with Crippen LogP contribution in [0.25, 0.3) is 0 Å². The molecule has 0 spiro atoms. The molecule has 0 bridgehead atoms. The molecule has 106 valence electrons. The molecule has 1 fully saturated rings. The molecule has 1 N–H and O–H groups in total. The third-order valence-electron chi connectivity index (χ3n) is 3.60. The van der Waals surface area contributed by atoms with Gasteiger partial charge in [-0.1, -0.05) is 25.5 Å². The molecule has 0 aliphatic carbocycles. The molecule has 3 heteroatoms. The van der Waals surface area contributed by atoms with E-state index in [0.29, 0.717) is 0 Å². The van der Waals surface area contributed by atoms with E-state index in [1.807, 2.05) is 11.8 Å². The Labute approximate surface area is 122 Å². The molecule has 1 aliphatic rings. The first-order valence-corrected chi connectivity index (χ1v) is 8.52. The van der Waals surface area contributed by atoms with E-state index in [-0.39, 0.29) is 0 Å². The summed E-state index contributed by atoms with van der Waals surface area (Å²) < 4.78 is 0. The second-order valence-corrected chi connectivity index (χ2v) is 6.35. The van der Waals surface area contributed by atoms with Gasteiger partial charge in [0.05, 0.1) is 0 Å². The fourth-order valence-corrected chi connectivity index (χ4v) is 3.48. The quantitative estimate of drug-likeness (QED) is 0.770. The van der Waals surface area contributed by atoms with Crippen molar-refractivity contribution in [2.45, 2.75) is 37.6 Å². The first-order valence-electron chi connectivity index (χ1n) is 7.53. The van der Waals surface area contributed by atoms with Crippen LogP contribution in [0, 0.1) is 0 Å². The summed E-state index contributed by atoms with van der Waals surface area (Å²) in [5.41, 5.74) is 1.39. The number of nitrogens with zero attached hydrogens (tertiary/aromatic N) is 1. The van der Waals surface area contributed by atoms with Crippen LogP contribution in [-0.4, -0.2) is 36.8 Å². The first kappa shape index (κ1) is 14.9. The maximum atomic E-state index is 3.38. The number of thioether (sulfide) groups is 1. The number of nitrogens with one attached hydrogen (secondary N) is 1. The molecule has 1 aliphatic heterocycles. The molecule has 2 rings (SSSR count). The van der Waals surface area contributed by atoms with Gasteiger partial charge in [0.25, 0.3) is 0 Å². The maximum Gasteiger partial charge on any atom is 0.0205 e. The van der Waals surface area contributed by atoms with Crippen LogP contribution < -0.4 is 5.32 Å². The van der Waals surface area contributed by atoms with Gasteiger partial charge in [0.2, 0.25) is 0 Å². The van der Waals surface area contributed by atoms with Gasteiger partial charge in [-0.2, -0.15) is 0 Å². The van der Waals surface area contributed by atoms with Gasteiger partial charge < -0.3 is 10.2 Å². The fraction of sp³-hybridized carbons (Fsp3) is 0.625. The van der Waals surface area contributed by atoms with Crippen molar-refractivity contribution in [1.29, 1.82) is 0 Å². The van der Waals surface area contributed by atoms with Crippen molar-refractivity contribution in [3.8, 4) is 0 Å². The smallest absolute Gasteiger partial charge is 0.0205 e. The molecule has 0 atom stereocenters. The highest BCUT2D eigenvalue weighted by atomic mass is 32.2. The predicted octanol–water partition coefficient (Wildman–Crippen LogP) is 3.37. The van der Waals surface area contributed by atoms with E-state index in [9.17, 15) is 0 Å². The Bertz CT molecular complexity index is 362. The third kappa shape index (κ3) is 5.55. The predicted molar refractivity (Wildman–Crippen MR) is 84.8 cm³/mol. The number of piperidine rings is 1. The molecule has 19 heavy (non-hydrogen) atoms. The SMILES string of the molecule is CCNCc1cccc(SCCN2CCCCC2)c1. The summed E-state index contributed by atoms with van der Waals surface area (Å²) in [7, 11) is 0. The Morgan fingerprint density at radius 3 is 2.84 bits per heavy atom. The normalized spacial score (nSPS) is 16.7. The van der Waals surface area contributed by atoms with Gasteiger partial charge in [-0.15, -0.1) is 11.8 Å². The summed E-state index contributed by atoms with van der Waals surface area (Å²) in [5, 5.41) is 3.38. The van der Waals surface area contributed by atoms with Gasteiger partial charge >= 0.3 is 0 Å². The van der Waals surface area contributed by atoms with E-state index in [0.717, 1.165) is 13.1 Å². The van der Waals surface area contributed by atoms with Crippen molar-refractivity contribution in [2.75, 3.05) is 31.9 Å². The highest BCUT2D eigenvalue weighted by molar-refractivity contribution is 7.99. The van der Waals surface area contributed by atoms with Gasteiger partial charge in [-0.05, 0) is 50.2 Å². The summed E-state index contributed by atoms with van der Waals surface area (Å²) in [6, 6.07) is 8.94. The number of rotatable bonds is 7. The molecule has 1 saturated heterocycles. The number of hydrogen-bond donors (Lipinski definition) is 1. The summed E-state index contributed by atoms with van der Waals surface area (Å²) in [6.07, 6.45) is 4.21.